The Labute approximate surface area is 155 Å². The first-order valence-electron chi connectivity index (χ1n) is 9.55. The van der Waals surface area contributed by atoms with Gasteiger partial charge in [0.05, 0.1) is 11.8 Å². The molecule has 1 fully saturated rings. The Morgan fingerprint density at radius 3 is 2.54 bits per heavy atom. The molecule has 0 aromatic heterocycles. The molecule has 0 bridgehead atoms. The molecular weight excluding hydrogens is 322 g/mol. The molecule has 4 nitrogen and oxygen atoms in total. The average molecular weight is 347 g/mol. The van der Waals surface area contributed by atoms with Crippen LogP contribution in [0.5, 0.6) is 5.75 Å². The van der Waals surface area contributed by atoms with Crippen LogP contribution in [-0.2, 0) is 0 Å². The Kier molecular flexibility index (Phi) is 3.57. The molecule has 134 valence electrons. The van der Waals surface area contributed by atoms with Gasteiger partial charge in [0.2, 0.25) is 5.72 Å². The minimum Gasteiger partial charge on any atom is -0.466 e. The van der Waals surface area contributed by atoms with Gasteiger partial charge in [-0.3, -0.25) is 0 Å². The number of nitrogens with zero attached hydrogens (tertiary/aromatic N) is 3. The summed E-state index contributed by atoms with van der Waals surface area (Å²) in [5.74, 6) is 1.04. The Morgan fingerprint density at radius 2 is 1.77 bits per heavy atom. The molecule has 4 heteroatoms. The Hall–Kier alpha value is -2.33. The SMILES string of the molecule is Cc1ccc(C2=NN3[C@H](C2)c2ccccc2OC32CCN(C)CC2)cc1. The van der Waals surface area contributed by atoms with Crippen LogP contribution in [0.15, 0.2) is 53.6 Å². The molecule has 0 unspecified atom stereocenters. The lowest BCUT2D eigenvalue weighted by Gasteiger charge is -2.50. The smallest absolute Gasteiger partial charge is 0.200 e. The van der Waals surface area contributed by atoms with E-state index in [2.05, 4.69) is 72.4 Å². The second kappa shape index (κ2) is 5.85. The average Bonchev–Trinajstić information content (AvgIpc) is 3.12. The summed E-state index contributed by atoms with van der Waals surface area (Å²) in [5.41, 5.74) is 4.64. The molecule has 1 atom stereocenters. The summed E-state index contributed by atoms with van der Waals surface area (Å²) >= 11 is 0. The number of benzene rings is 2. The summed E-state index contributed by atoms with van der Waals surface area (Å²) in [7, 11) is 2.19. The lowest BCUT2D eigenvalue weighted by atomic mass is 9.91. The summed E-state index contributed by atoms with van der Waals surface area (Å²) < 4.78 is 6.62. The molecule has 3 aliphatic rings. The van der Waals surface area contributed by atoms with E-state index in [0.717, 1.165) is 38.1 Å². The van der Waals surface area contributed by atoms with Crippen molar-refractivity contribution >= 4 is 5.71 Å². The molecule has 2 aromatic rings. The minimum absolute atomic E-state index is 0.277. The number of hydrogen-bond acceptors (Lipinski definition) is 4. The van der Waals surface area contributed by atoms with Crippen molar-refractivity contribution in [1.29, 1.82) is 0 Å². The number of piperidine rings is 1. The summed E-state index contributed by atoms with van der Waals surface area (Å²) in [4.78, 5) is 2.38. The Balaban J connectivity index is 1.57. The maximum atomic E-state index is 6.62. The lowest BCUT2D eigenvalue weighted by molar-refractivity contribution is -0.147. The third kappa shape index (κ3) is 2.43. The molecule has 2 aromatic carbocycles. The maximum Gasteiger partial charge on any atom is 0.200 e. The highest BCUT2D eigenvalue weighted by molar-refractivity contribution is 6.02. The topological polar surface area (TPSA) is 28.1 Å². The predicted molar refractivity (Wildman–Crippen MR) is 103 cm³/mol. The van der Waals surface area contributed by atoms with E-state index in [0.29, 0.717) is 0 Å². The molecule has 3 heterocycles. The fourth-order valence-corrected chi connectivity index (χ4v) is 4.45. The monoisotopic (exact) mass is 347 g/mol. The van der Waals surface area contributed by atoms with Crippen LogP contribution in [0.1, 0.15) is 42.0 Å². The highest BCUT2D eigenvalue weighted by Gasteiger charge is 2.51. The van der Waals surface area contributed by atoms with Gasteiger partial charge in [-0.05, 0) is 25.6 Å². The van der Waals surface area contributed by atoms with Crippen LogP contribution in [0.3, 0.4) is 0 Å². The van der Waals surface area contributed by atoms with Gasteiger partial charge in [0.1, 0.15) is 5.75 Å². The second-order valence-electron chi connectivity index (χ2n) is 7.87. The van der Waals surface area contributed by atoms with Crippen molar-refractivity contribution in [3.8, 4) is 5.75 Å². The number of likely N-dealkylation sites (tertiary alicyclic amines) is 1. The lowest BCUT2D eigenvalue weighted by Crippen LogP contribution is -2.58. The molecule has 5 rings (SSSR count). The molecule has 26 heavy (non-hydrogen) atoms. The first-order valence-corrected chi connectivity index (χ1v) is 9.55. The molecule has 0 radical (unpaired) electrons. The number of aryl methyl sites for hydroxylation is 1. The van der Waals surface area contributed by atoms with Gasteiger partial charge in [0.25, 0.3) is 0 Å². The molecule has 0 saturated carbocycles. The fourth-order valence-electron chi connectivity index (χ4n) is 4.45. The fraction of sp³-hybridized carbons (Fsp3) is 0.409. The van der Waals surface area contributed by atoms with Crippen LogP contribution in [0.25, 0.3) is 0 Å². The van der Waals surface area contributed by atoms with Gasteiger partial charge in [-0.15, -0.1) is 0 Å². The van der Waals surface area contributed by atoms with Crippen LogP contribution in [-0.4, -0.2) is 41.5 Å². The van der Waals surface area contributed by atoms with Gasteiger partial charge in [-0.25, -0.2) is 5.01 Å². The zero-order valence-electron chi connectivity index (χ0n) is 15.5. The van der Waals surface area contributed by atoms with Crippen molar-refractivity contribution in [2.75, 3.05) is 20.1 Å². The molecular formula is C22H25N3O. The van der Waals surface area contributed by atoms with Crippen molar-refractivity contribution < 1.29 is 4.74 Å². The van der Waals surface area contributed by atoms with Gasteiger partial charge in [-0.1, -0.05) is 48.0 Å². The van der Waals surface area contributed by atoms with Crippen LogP contribution in [0.4, 0.5) is 0 Å². The molecule has 1 spiro atoms. The van der Waals surface area contributed by atoms with Gasteiger partial charge in [-0.2, -0.15) is 5.10 Å². The second-order valence-corrected chi connectivity index (χ2v) is 7.87. The van der Waals surface area contributed by atoms with Gasteiger partial charge in [0.15, 0.2) is 0 Å². The van der Waals surface area contributed by atoms with Crippen molar-refractivity contribution in [2.45, 2.75) is 38.0 Å². The van der Waals surface area contributed by atoms with E-state index < -0.39 is 0 Å². The minimum atomic E-state index is -0.308. The summed E-state index contributed by atoms with van der Waals surface area (Å²) in [6, 6.07) is 17.5. The van der Waals surface area contributed by atoms with E-state index in [9.17, 15) is 0 Å². The Morgan fingerprint density at radius 1 is 1.04 bits per heavy atom. The normalized spacial score (nSPS) is 24.0. The largest absolute Gasteiger partial charge is 0.466 e. The zero-order valence-corrected chi connectivity index (χ0v) is 15.5. The highest BCUT2D eigenvalue weighted by atomic mass is 16.5. The van der Waals surface area contributed by atoms with Crippen LogP contribution < -0.4 is 4.74 Å². The van der Waals surface area contributed by atoms with Crippen LogP contribution >= 0.6 is 0 Å². The predicted octanol–water partition coefficient (Wildman–Crippen LogP) is 3.96. The quantitative estimate of drug-likeness (QED) is 0.782. The zero-order chi connectivity index (χ0) is 17.7. The number of hydrogen-bond donors (Lipinski definition) is 0. The summed E-state index contributed by atoms with van der Waals surface area (Å²) in [6.07, 6.45) is 2.92. The van der Waals surface area contributed by atoms with Gasteiger partial charge >= 0.3 is 0 Å². The van der Waals surface area contributed by atoms with E-state index in [1.807, 2.05) is 0 Å². The van der Waals surface area contributed by atoms with Crippen molar-refractivity contribution in [3.63, 3.8) is 0 Å². The van der Waals surface area contributed by atoms with E-state index >= 15 is 0 Å². The standard InChI is InChI=1S/C22H25N3O/c1-16-7-9-17(10-8-16)19-15-20-18-5-3-4-6-21(18)26-22(25(20)23-19)11-13-24(2)14-12-22/h3-10,20H,11-15H2,1-2H3/t20-/m1/s1. The number of rotatable bonds is 1. The highest BCUT2D eigenvalue weighted by Crippen LogP contribution is 2.49. The third-order valence-corrected chi connectivity index (χ3v) is 6.06. The van der Waals surface area contributed by atoms with E-state index in [1.54, 1.807) is 0 Å². The van der Waals surface area contributed by atoms with E-state index in [-0.39, 0.29) is 11.8 Å². The van der Waals surface area contributed by atoms with Gasteiger partial charge in [0, 0.05) is 37.9 Å². The van der Waals surface area contributed by atoms with E-state index in [1.165, 1.54) is 22.4 Å². The maximum absolute atomic E-state index is 6.62. The van der Waals surface area contributed by atoms with Gasteiger partial charge < -0.3 is 9.64 Å². The summed E-state index contributed by atoms with van der Waals surface area (Å²) in [6.45, 7) is 4.21. The molecule has 0 aliphatic carbocycles. The van der Waals surface area contributed by atoms with E-state index in [4.69, 9.17) is 9.84 Å². The first kappa shape index (κ1) is 15.9. The van der Waals surface area contributed by atoms with Crippen molar-refractivity contribution in [3.05, 3.63) is 65.2 Å². The molecule has 3 aliphatic heterocycles. The van der Waals surface area contributed by atoms with Crippen LogP contribution in [0.2, 0.25) is 0 Å². The number of ether oxygens (including phenoxy) is 1. The number of fused-ring (bicyclic) bond motifs is 4. The number of para-hydroxylation sites is 1. The Bertz CT molecular complexity index is 850. The van der Waals surface area contributed by atoms with Crippen LogP contribution in [0, 0.1) is 6.92 Å². The summed E-state index contributed by atoms with van der Waals surface area (Å²) in [5, 5.41) is 7.41. The van der Waals surface area contributed by atoms with Crippen molar-refractivity contribution in [2.24, 2.45) is 5.10 Å². The number of hydrazone groups is 1. The molecule has 0 amide bonds. The molecule has 0 N–H and O–H groups in total. The van der Waals surface area contributed by atoms with Crippen molar-refractivity contribution in [1.82, 2.24) is 9.91 Å². The molecule has 1 saturated heterocycles. The third-order valence-electron chi connectivity index (χ3n) is 6.06. The first-order chi connectivity index (χ1) is 12.6.